The molecule has 0 aliphatic heterocycles. The number of ether oxygens (including phenoxy) is 1. The minimum absolute atomic E-state index is 0.198. The highest BCUT2D eigenvalue weighted by Gasteiger charge is 2.09. The Morgan fingerprint density at radius 2 is 2.05 bits per heavy atom. The second-order valence-corrected chi connectivity index (χ2v) is 5.37. The number of nitrogens with zero attached hydrogens (tertiary/aromatic N) is 1. The average molecular weight is 385 g/mol. The van der Waals surface area contributed by atoms with Gasteiger partial charge in [0.25, 0.3) is 11.8 Å². The largest absolute Gasteiger partial charge is 0.483 e. The molecule has 114 valence electrons. The molecule has 0 aliphatic carbocycles. The van der Waals surface area contributed by atoms with E-state index in [1.807, 2.05) is 0 Å². The predicted octanol–water partition coefficient (Wildman–Crippen LogP) is 2.34. The van der Waals surface area contributed by atoms with Crippen LogP contribution in [0.1, 0.15) is 10.5 Å². The first-order valence-corrected chi connectivity index (χ1v) is 7.31. The SMILES string of the molecule is O=C(COc1ccc(Cl)cc1Br)NNC(=O)c1ccccn1. The lowest BCUT2D eigenvalue weighted by molar-refractivity contribution is -0.123. The number of carbonyl (C=O) groups is 2. The molecule has 0 spiro atoms. The van der Waals surface area contributed by atoms with Crippen molar-refractivity contribution in [2.45, 2.75) is 0 Å². The molecule has 0 bridgehead atoms. The molecule has 2 amide bonds. The fraction of sp³-hybridized carbons (Fsp3) is 0.0714. The molecule has 1 heterocycles. The lowest BCUT2D eigenvalue weighted by Gasteiger charge is -2.09. The normalized spacial score (nSPS) is 9.91. The van der Waals surface area contributed by atoms with Gasteiger partial charge in [0.05, 0.1) is 4.47 Å². The lowest BCUT2D eigenvalue weighted by Crippen LogP contribution is -2.44. The summed E-state index contributed by atoms with van der Waals surface area (Å²) in [4.78, 5) is 27.1. The van der Waals surface area contributed by atoms with Crippen LogP contribution in [0.4, 0.5) is 0 Å². The first kappa shape index (κ1) is 16.3. The van der Waals surface area contributed by atoms with E-state index in [0.29, 0.717) is 15.2 Å². The maximum Gasteiger partial charge on any atom is 0.288 e. The Kier molecular flexibility index (Phi) is 5.74. The Balaban J connectivity index is 1.80. The summed E-state index contributed by atoms with van der Waals surface area (Å²) in [6.45, 7) is -0.261. The van der Waals surface area contributed by atoms with Crippen molar-refractivity contribution in [2.24, 2.45) is 0 Å². The number of hydrogen-bond acceptors (Lipinski definition) is 4. The van der Waals surface area contributed by atoms with E-state index in [1.165, 1.54) is 12.3 Å². The van der Waals surface area contributed by atoms with E-state index in [1.54, 1.807) is 30.3 Å². The molecular formula is C14H11BrClN3O3. The Labute approximate surface area is 139 Å². The third-order valence-electron chi connectivity index (χ3n) is 2.47. The van der Waals surface area contributed by atoms with Crippen LogP contribution in [0.2, 0.25) is 5.02 Å². The third-order valence-corrected chi connectivity index (χ3v) is 3.32. The molecule has 1 aromatic heterocycles. The van der Waals surface area contributed by atoms with Gasteiger partial charge in [0.2, 0.25) is 0 Å². The van der Waals surface area contributed by atoms with Crippen LogP contribution in [0.3, 0.4) is 0 Å². The molecule has 8 heteroatoms. The van der Waals surface area contributed by atoms with Crippen LogP contribution in [0.15, 0.2) is 47.1 Å². The zero-order valence-corrected chi connectivity index (χ0v) is 13.5. The highest BCUT2D eigenvalue weighted by molar-refractivity contribution is 9.10. The number of halogens is 2. The number of nitrogens with one attached hydrogen (secondary N) is 2. The van der Waals surface area contributed by atoms with Crippen molar-refractivity contribution in [3.8, 4) is 5.75 Å². The zero-order chi connectivity index (χ0) is 15.9. The summed E-state index contributed by atoms with van der Waals surface area (Å²) in [5.41, 5.74) is 4.68. The molecule has 0 aliphatic rings. The number of benzene rings is 1. The topological polar surface area (TPSA) is 80.3 Å². The number of rotatable bonds is 4. The maximum atomic E-state index is 11.7. The molecule has 0 radical (unpaired) electrons. The van der Waals surface area contributed by atoms with Crippen LogP contribution in [0.5, 0.6) is 5.75 Å². The molecule has 22 heavy (non-hydrogen) atoms. The fourth-order valence-electron chi connectivity index (χ4n) is 1.46. The number of carbonyl (C=O) groups excluding carboxylic acids is 2. The monoisotopic (exact) mass is 383 g/mol. The van der Waals surface area contributed by atoms with Gasteiger partial charge >= 0.3 is 0 Å². The van der Waals surface area contributed by atoms with Crippen molar-refractivity contribution in [2.75, 3.05) is 6.61 Å². The van der Waals surface area contributed by atoms with Gasteiger partial charge < -0.3 is 4.74 Å². The van der Waals surface area contributed by atoms with Crippen LogP contribution >= 0.6 is 27.5 Å². The summed E-state index contributed by atoms with van der Waals surface area (Å²) in [5.74, 6) is -0.552. The summed E-state index contributed by atoms with van der Waals surface area (Å²) < 4.78 is 5.94. The Hall–Kier alpha value is -2.12. The van der Waals surface area contributed by atoms with Gasteiger partial charge in [-0.15, -0.1) is 0 Å². The van der Waals surface area contributed by atoms with E-state index in [4.69, 9.17) is 16.3 Å². The quantitative estimate of drug-likeness (QED) is 0.793. The highest BCUT2D eigenvalue weighted by atomic mass is 79.9. The van der Waals surface area contributed by atoms with Crippen LogP contribution < -0.4 is 15.6 Å². The van der Waals surface area contributed by atoms with Gasteiger partial charge in [-0.2, -0.15) is 0 Å². The van der Waals surface area contributed by atoms with E-state index in [9.17, 15) is 9.59 Å². The third kappa shape index (κ3) is 4.71. The first-order valence-electron chi connectivity index (χ1n) is 6.14. The van der Waals surface area contributed by atoms with Crippen LogP contribution in [0, 0.1) is 0 Å². The van der Waals surface area contributed by atoms with Gasteiger partial charge in [-0.3, -0.25) is 25.4 Å². The van der Waals surface area contributed by atoms with E-state index < -0.39 is 11.8 Å². The Bertz CT molecular complexity index is 682. The molecule has 2 rings (SSSR count). The standard InChI is InChI=1S/C14H11BrClN3O3/c15-10-7-9(16)4-5-12(10)22-8-13(20)18-19-14(21)11-3-1-2-6-17-11/h1-7H,8H2,(H,18,20)(H,19,21). The molecule has 1 aromatic carbocycles. The number of amides is 2. The Morgan fingerprint density at radius 1 is 1.23 bits per heavy atom. The molecule has 6 nitrogen and oxygen atoms in total. The predicted molar refractivity (Wildman–Crippen MR) is 84.5 cm³/mol. The van der Waals surface area contributed by atoms with Gasteiger partial charge in [0.15, 0.2) is 6.61 Å². The van der Waals surface area contributed by atoms with Crippen molar-refractivity contribution in [3.63, 3.8) is 0 Å². The molecule has 0 unspecified atom stereocenters. The maximum absolute atomic E-state index is 11.7. The number of pyridine rings is 1. The highest BCUT2D eigenvalue weighted by Crippen LogP contribution is 2.27. The first-order chi connectivity index (χ1) is 10.6. The van der Waals surface area contributed by atoms with E-state index in [2.05, 4.69) is 31.8 Å². The second kappa shape index (κ2) is 7.77. The van der Waals surface area contributed by atoms with Gasteiger partial charge in [0, 0.05) is 11.2 Å². The Morgan fingerprint density at radius 3 is 2.73 bits per heavy atom. The van der Waals surface area contributed by atoms with Crippen molar-refractivity contribution >= 4 is 39.3 Å². The molecular weight excluding hydrogens is 374 g/mol. The zero-order valence-electron chi connectivity index (χ0n) is 11.2. The second-order valence-electron chi connectivity index (χ2n) is 4.08. The average Bonchev–Trinajstić information content (AvgIpc) is 2.52. The number of hydrazine groups is 1. The van der Waals surface area contributed by atoms with Crippen molar-refractivity contribution in [1.82, 2.24) is 15.8 Å². The van der Waals surface area contributed by atoms with Crippen LogP contribution in [0.25, 0.3) is 0 Å². The molecule has 0 fully saturated rings. The minimum Gasteiger partial charge on any atom is -0.483 e. The van der Waals surface area contributed by atoms with Gasteiger partial charge in [-0.25, -0.2) is 0 Å². The number of aromatic nitrogens is 1. The summed E-state index contributed by atoms with van der Waals surface area (Å²) in [6.07, 6.45) is 1.48. The molecule has 0 saturated carbocycles. The molecule has 0 saturated heterocycles. The van der Waals surface area contributed by atoms with Crippen molar-refractivity contribution in [3.05, 3.63) is 57.8 Å². The lowest BCUT2D eigenvalue weighted by atomic mass is 10.3. The van der Waals surface area contributed by atoms with Crippen LogP contribution in [-0.4, -0.2) is 23.4 Å². The van der Waals surface area contributed by atoms with Crippen molar-refractivity contribution < 1.29 is 14.3 Å². The van der Waals surface area contributed by atoms with Gasteiger partial charge in [-0.1, -0.05) is 17.7 Å². The molecule has 0 atom stereocenters. The van der Waals surface area contributed by atoms with Gasteiger partial charge in [0.1, 0.15) is 11.4 Å². The fourth-order valence-corrected chi connectivity index (χ4v) is 2.26. The molecule has 2 N–H and O–H groups in total. The summed E-state index contributed by atoms with van der Waals surface area (Å²) >= 11 is 9.08. The number of hydrogen-bond donors (Lipinski definition) is 2. The molecule has 2 aromatic rings. The van der Waals surface area contributed by atoms with E-state index in [0.717, 1.165) is 0 Å². The summed E-state index contributed by atoms with van der Waals surface area (Å²) in [7, 11) is 0. The smallest absolute Gasteiger partial charge is 0.288 e. The van der Waals surface area contributed by atoms with Gasteiger partial charge in [-0.05, 0) is 46.3 Å². The van der Waals surface area contributed by atoms with E-state index in [-0.39, 0.29) is 12.3 Å². The summed E-state index contributed by atoms with van der Waals surface area (Å²) in [6, 6.07) is 9.81. The van der Waals surface area contributed by atoms with E-state index >= 15 is 0 Å². The minimum atomic E-state index is -0.512. The van der Waals surface area contributed by atoms with Crippen LogP contribution in [-0.2, 0) is 4.79 Å². The van der Waals surface area contributed by atoms with Crippen molar-refractivity contribution in [1.29, 1.82) is 0 Å². The summed E-state index contributed by atoms with van der Waals surface area (Å²) in [5, 5.41) is 0.548.